The average molecular weight is 289 g/mol. The molecule has 0 saturated carbocycles. The van der Waals surface area contributed by atoms with E-state index in [1.807, 2.05) is 6.92 Å². The second kappa shape index (κ2) is 7.35. The first-order valence-corrected chi connectivity index (χ1v) is 6.52. The number of benzene rings is 1. The molecule has 1 aromatic carbocycles. The molecule has 5 nitrogen and oxygen atoms in total. The molecular weight excluding hydrogens is 273 g/mol. The van der Waals surface area contributed by atoms with Gasteiger partial charge in [-0.2, -0.15) is 5.10 Å². The summed E-state index contributed by atoms with van der Waals surface area (Å²) in [6.45, 7) is 2.84. The number of nitrogens with zero attached hydrogens (tertiary/aromatic N) is 2. The van der Waals surface area contributed by atoms with Crippen molar-refractivity contribution in [1.29, 1.82) is 0 Å². The zero-order chi connectivity index (χ0) is 15.1. The summed E-state index contributed by atoms with van der Waals surface area (Å²) in [4.78, 5) is 11.7. The highest BCUT2D eigenvalue weighted by atomic mass is 19.1. The Hall–Kier alpha value is -2.47. The quantitative estimate of drug-likeness (QED) is 0.832. The van der Waals surface area contributed by atoms with Gasteiger partial charge in [0.05, 0.1) is 18.1 Å². The fourth-order valence-electron chi connectivity index (χ4n) is 1.61. The lowest BCUT2D eigenvalue weighted by atomic mass is 10.2. The van der Waals surface area contributed by atoms with Crippen molar-refractivity contribution in [3.63, 3.8) is 0 Å². The van der Waals surface area contributed by atoms with Gasteiger partial charge in [0.15, 0.2) is 0 Å². The molecule has 0 atom stereocenters. The number of amides is 1. The number of hydrogen-bond acceptors (Lipinski definition) is 3. The molecule has 110 valence electrons. The lowest BCUT2D eigenvalue weighted by Crippen LogP contribution is -2.07. The molecule has 0 fully saturated rings. The van der Waals surface area contributed by atoms with Crippen molar-refractivity contribution in [2.45, 2.75) is 13.7 Å². The second-order valence-electron chi connectivity index (χ2n) is 4.26. The summed E-state index contributed by atoms with van der Waals surface area (Å²) in [5, 5.41) is 6.73. The molecule has 2 rings (SSSR count). The first kappa shape index (κ1) is 14.9. The summed E-state index contributed by atoms with van der Waals surface area (Å²) < 4.78 is 19.5. The third kappa shape index (κ3) is 4.85. The van der Waals surface area contributed by atoms with Crippen LogP contribution in [0, 0.1) is 5.82 Å². The Bertz CT molecular complexity index is 620. The van der Waals surface area contributed by atoms with Gasteiger partial charge in [0, 0.05) is 12.7 Å². The molecule has 1 heterocycles. The number of rotatable bonds is 6. The number of carbonyl (C=O) groups excluding carboxylic acids is 1. The Balaban J connectivity index is 1.89. The van der Waals surface area contributed by atoms with Crippen molar-refractivity contribution >= 4 is 17.7 Å². The van der Waals surface area contributed by atoms with Crippen molar-refractivity contribution in [2.75, 3.05) is 11.9 Å². The predicted octanol–water partition coefficient (Wildman–Crippen LogP) is 2.67. The van der Waals surface area contributed by atoms with E-state index < -0.39 is 0 Å². The van der Waals surface area contributed by atoms with Crippen molar-refractivity contribution in [3.8, 4) is 0 Å². The smallest absolute Gasteiger partial charge is 0.248 e. The summed E-state index contributed by atoms with van der Waals surface area (Å²) in [5.41, 5.74) is 1.34. The van der Waals surface area contributed by atoms with Crippen LogP contribution in [0.4, 0.5) is 10.1 Å². The number of anilines is 1. The third-order valence-electron chi connectivity index (χ3n) is 2.63. The van der Waals surface area contributed by atoms with Crippen LogP contribution in [0.2, 0.25) is 0 Å². The molecule has 0 saturated heterocycles. The maximum absolute atomic E-state index is 12.7. The molecule has 21 heavy (non-hydrogen) atoms. The van der Waals surface area contributed by atoms with Gasteiger partial charge in [-0.3, -0.25) is 4.79 Å². The van der Waals surface area contributed by atoms with Crippen LogP contribution in [-0.4, -0.2) is 22.3 Å². The Morgan fingerprint density at radius 3 is 2.90 bits per heavy atom. The largest absolute Gasteiger partial charge is 0.360 e. The van der Waals surface area contributed by atoms with Crippen LogP contribution in [0.3, 0.4) is 0 Å². The number of carbonyl (C=O) groups is 1. The van der Waals surface area contributed by atoms with Crippen LogP contribution >= 0.6 is 0 Å². The first-order chi connectivity index (χ1) is 10.2. The molecule has 0 spiro atoms. The van der Waals surface area contributed by atoms with E-state index in [0.717, 1.165) is 5.56 Å². The number of nitrogens with one attached hydrogen (secondary N) is 1. The van der Waals surface area contributed by atoms with Gasteiger partial charge in [0.1, 0.15) is 12.5 Å². The molecule has 0 bridgehead atoms. The molecular formula is C15H16FN3O2. The van der Waals surface area contributed by atoms with E-state index in [1.165, 1.54) is 18.2 Å². The highest BCUT2D eigenvalue weighted by molar-refractivity contribution is 6.01. The average Bonchev–Trinajstić information content (AvgIpc) is 2.92. The van der Waals surface area contributed by atoms with Gasteiger partial charge >= 0.3 is 0 Å². The topological polar surface area (TPSA) is 56.1 Å². The van der Waals surface area contributed by atoms with Gasteiger partial charge in [-0.1, -0.05) is 12.1 Å². The molecule has 0 aliphatic rings. The van der Waals surface area contributed by atoms with Crippen molar-refractivity contribution in [1.82, 2.24) is 9.78 Å². The predicted molar refractivity (Wildman–Crippen MR) is 77.9 cm³/mol. The van der Waals surface area contributed by atoms with E-state index in [9.17, 15) is 9.18 Å². The molecule has 0 aliphatic carbocycles. The molecule has 0 radical (unpaired) electrons. The number of halogens is 1. The minimum atomic E-state index is -0.307. The van der Waals surface area contributed by atoms with Crippen molar-refractivity contribution < 1.29 is 13.9 Å². The Morgan fingerprint density at radius 1 is 1.43 bits per heavy atom. The fourth-order valence-corrected chi connectivity index (χ4v) is 1.61. The van der Waals surface area contributed by atoms with Crippen LogP contribution in [0.15, 0.2) is 42.7 Å². The molecule has 1 aromatic heterocycles. The normalized spacial score (nSPS) is 11.0. The zero-order valence-corrected chi connectivity index (χ0v) is 11.6. The Morgan fingerprint density at radius 2 is 2.19 bits per heavy atom. The van der Waals surface area contributed by atoms with Crippen LogP contribution < -0.4 is 5.32 Å². The SMILES string of the molecule is CCOCn1cc(NC(=O)/C=C/c2ccc(F)cc2)cn1. The summed E-state index contributed by atoms with van der Waals surface area (Å²) in [6.07, 6.45) is 6.22. The Labute approximate surface area is 122 Å². The molecule has 1 amide bonds. The van der Waals surface area contributed by atoms with Gasteiger partial charge < -0.3 is 10.1 Å². The monoisotopic (exact) mass is 289 g/mol. The summed E-state index contributed by atoms with van der Waals surface area (Å²) >= 11 is 0. The van der Waals surface area contributed by atoms with E-state index in [4.69, 9.17) is 4.74 Å². The molecule has 0 unspecified atom stereocenters. The van der Waals surface area contributed by atoms with E-state index in [0.29, 0.717) is 19.0 Å². The van der Waals surface area contributed by atoms with Crippen LogP contribution in [0.1, 0.15) is 12.5 Å². The van der Waals surface area contributed by atoms with E-state index in [-0.39, 0.29) is 11.7 Å². The summed E-state index contributed by atoms with van der Waals surface area (Å²) in [7, 11) is 0. The lowest BCUT2D eigenvalue weighted by Gasteiger charge is -2.00. The number of ether oxygens (including phenoxy) is 1. The van der Waals surface area contributed by atoms with Crippen LogP contribution in [0.25, 0.3) is 6.08 Å². The zero-order valence-electron chi connectivity index (χ0n) is 11.6. The number of aromatic nitrogens is 2. The van der Waals surface area contributed by atoms with E-state index >= 15 is 0 Å². The summed E-state index contributed by atoms with van der Waals surface area (Å²) in [5.74, 6) is -0.589. The van der Waals surface area contributed by atoms with Gasteiger partial charge in [-0.05, 0) is 30.7 Å². The summed E-state index contributed by atoms with van der Waals surface area (Å²) in [6, 6.07) is 5.88. The first-order valence-electron chi connectivity index (χ1n) is 6.52. The van der Waals surface area contributed by atoms with E-state index in [2.05, 4.69) is 10.4 Å². The standard InChI is InChI=1S/C15H16FN3O2/c1-2-21-11-19-10-14(9-17-19)18-15(20)8-5-12-3-6-13(16)7-4-12/h3-10H,2,11H2,1H3,(H,18,20)/b8-5+. The van der Waals surface area contributed by atoms with Gasteiger partial charge in [0.25, 0.3) is 0 Å². The Kier molecular flexibility index (Phi) is 5.22. The lowest BCUT2D eigenvalue weighted by molar-refractivity contribution is -0.111. The van der Waals surface area contributed by atoms with Gasteiger partial charge in [0.2, 0.25) is 5.91 Å². The third-order valence-corrected chi connectivity index (χ3v) is 2.63. The maximum Gasteiger partial charge on any atom is 0.248 e. The molecule has 0 aliphatic heterocycles. The van der Waals surface area contributed by atoms with Gasteiger partial charge in [-0.25, -0.2) is 9.07 Å². The number of hydrogen-bond donors (Lipinski definition) is 1. The molecule has 1 N–H and O–H groups in total. The van der Waals surface area contributed by atoms with Gasteiger partial charge in [-0.15, -0.1) is 0 Å². The second-order valence-corrected chi connectivity index (χ2v) is 4.26. The van der Waals surface area contributed by atoms with Crippen molar-refractivity contribution in [2.24, 2.45) is 0 Å². The van der Waals surface area contributed by atoms with E-state index in [1.54, 1.807) is 35.3 Å². The molecule has 2 aromatic rings. The fraction of sp³-hybridized carbons (Fsp3) is 0.200. The van der Waals surface area contributed by atoms with Crippen LogP contribution in [-0.2, 0) is 16.3 Å². The minimum Gasteiger partial charge on any atom is -0.360 e. The van der Waals surface area contributed by atoms with Crippen molar-refractivity contribution in [3.05, 3.63) is 54.1 Å². The minimum absolute atomic E-state index is 0.282. The van der Waals surface area contributed by atoms with Crippen LogP contribution in [0.5, 0.6) is 0 Å². The highest BCUT2D eigenvalue weighted by Crippen LogP contribution is 2.07. The maximum atomic E-state index is 12.7. The molecule has 6 heteroatoms. The highest BCUT2D eigenvalue weighted by Gasteiger charge is 2.01.